The summed E-state index contributed by atoms with van der Waals surface area (Å²) >= 11 is 0. The molecule has 1 atom stereocenters. The van der Waals surface area contributed by atoms with Gasteiger partial charge in [0.2, 0.25) is 15.9 Å². The summed E-state index contributed by atoms with van der Waals surface area (Å²) in [6.45, 7) is 1.20. The van der Waals surface area contributed by atoms with Gasteiger partial charge < -0.3 is 10.0 Å². The molecular formula is C16H22N2O5S. The van der Waals surface area contributed by atoms with E-state index >= 15 is 0 Å². The van der Waals surface area contributed by atoms with Crippen LogP contribution in [0.2, 0.25) is 0 Å². The van der Waals surface area contributed by atoms with E-state index in [4.69, 9.17) is 0 Å². The number of carbonyl (C=O) groups excluding carboxylic acids is 1. The number of likely N-dealkylation sites (tertiary alicyclic amines) is 1. The van der Waals surface area contributed by atoms with Gasteiger partial charge in [-0.05, 0) is 24.8 Å². The topological polar surface area (TPSA) is 104 Å². The Kier molecular flexibility index (Phi) is 6.33. The van der Waals surface area contributed by atoms with Crippen molar-refractivity contribution in [3.8, 4) is 0 Å². The van der Waals surface area contributed by atoms with E-state index in [2.05, 4.69) is 4.72 Å². The van der Waals surface area contributed by atoms with Gasteiger partial charge in [0, 0.05) is 13.1 Å². The van der Waals surface area contributed by atoms with E-state index < -0.39 is 22.0 Å². The Morgan fingerprint density at radius 2 is 1.75 bits per heavy atom. The smallest absolute Gasteiger partial charge is 0.322 e. The van der Waals surface area contributed by atoms with Crippen LogP contribution < -0.4 is 4.72 Å². The second kappa shape index (κ2) is 8.25. The molecule has 24 heavy (non-hydrogen) atoms. The van der Waals surface area contributed by atoms with Gasteiger partial charge in [-0.15, -0.1) is 0 Å². The molecule has 0 aromatic heterocycles. The summed E-state index contributed by atoms with van der Waals surface area (Å²) in [5.74, 6) is -2.00. The Morgan fingerprint density at radius 3 is 2.33 bits per heavy atom. The molecule has 1 aromatic rings. The first-order valence-corrected chi connectivity index (χ1v) is 9.57. The number of hydrogen-bond donors (Lipinski definition) is 2. The maximum atomic E-state index is 12.2. The molecule has 8 heteroatoms. The lowest BCUT2D eigenvalue weighted by Gasteiger charge is -2.27. The highest BCUT2D eigenvalue weighted by Crippen LogP contribution is 2.12. The van der Waals surface area contributed by atoms with Gasteiger partial charge in [0.05, 0.1) is 12.2 Å². The highest BCUT2D eigenvalue weighted by molar-refractivity contribution is 7.88. The quantitative estimate of drug-likeness (QED) is 0.759. The average Bonchev–Trinajstić information content (AvgIpc) is 2.55. The minimum atomic E-state index is -3.86. The van der Waals surface area contributed by atoms with Crippen molar-refractivity contribution in [2.45, 2.75) is 37.5 Å². The number of aliphatic carboxylic acids is 1. The van der Waals surface area contributed by atoms with Crippen LogP contribution in [0.25, 0.3) is 0 Å². The number of amides is 1. The largest absolute Gasteiger partial charge is 0.480 e. The molecule has 0 aliphatic carbocycles. The molecule has 0 radical (unpaired) electrons. The maximum absolute atomic E-state index is 12.2. The predicted molar refractivity (Wildman–Crippen MR) is 88.7 cm³/mol. The number of hydrogen-bond acceptors (Lipinski definition) is 4. The van der Waals surface area contributed by atoms with Crippen molar-refractivity contribution in [2.24, 2.45) is 0 Å². The van der Waals surface area contributed by atoms with Crippen LogP contribution in [0.5, 0.6) is 0 Å². The van der Waals surface area contributed by atoms with E-state index in [9.17, 15) is 23.1 Å². The van der Waals surface area contributed by atoms with Crippen LogP contribution in [-0.4, -0.2) is 49.4 Å². The van der Waals surface area contributed by atoms with Gasteiger partial charge >= 0.3 is 5.97 Å². The number of nitrogens with zero attached hydrogens (tertiary/aromatic N) is 1. The van der Waals surface area contributed by atoms with Crippen LogP contribution in [0.3, 0.4) is 0 Å². The van der Waals surface area contributed by atoms with Crippen LogP contribution in [-0.2, 0) is 25.4 Å². The average molecular weight is 354 g/mol. The third-order valence-corrected chi connectivity index (χ3v) is 5.26. The zero-order valence-corrected chi connectivity index (χ0v) is 14.2. The first-order chi connectivity index (χ1) is 11.4. The van der Waals surface area contributed by atoms with E-state index in [-0.39, 0.29) is 18.1 Å². The van der Waals surface area contributed by atoms with Crippen molar-refractivity contribution in [1.82, 2.24) is 9.62 Å². The summed E-state index contributed by atoms with van der Waals surface area (Å²) in [4.78, 5) is 25.1. The lowest BCUT2D eigenvalue weighted by Crippen LogP contribution is -2.46. The lowest BCUT2D eigenvalue weighted by atomic mass is 10.1. The zero-order chi connectivity index (χ0) is 17.6. The summed E-state index contributed by atoms with van der Waals surface area (Å²) in [5.41, 5.74) is 0.552. The first kappa shape index (κ1) is 18.4. The van der Waals surface area contributed by atoms with Gasteiger partial charge in [-0.2, -0.15) is 0 Å². The first-order valence-electron chi connectivity index (χ1n) is 7.92. The number of carbonyl (C=O) groups is 2. The Hall–Kier alpha value is -1.93. The third kappa shape index (κ3) is 5.61. The van der Waals surface area contributed by atoms with Gasteiger partial charge in [0.1, 0.15) is 6.04 Å². The van der Waals surface area contributed by atoms with Gasteiger partial charge in [-0.25, -0.2) is 13.1 Å². The lowest BCUT2D eigenvalue weighted by molar-refractivity contribution is -0.143. The van der Waals surface area contributed by atoms with Crippen molar-refractivity contribution in [3.05, 3.63) is 35.9 Å². The van der Waals surface area contributed by atoms with Crippen molar-refractivity contribution < 1.29 is 23.1 Å². The molecule has 0 unspecified atom stereocenters. The Labute approximate surface area is 141 Å². The van der Waals surface area contributed by atoms with Crippen molar-refractivity contribution in [3.63, 3.8) is 0 Å². The van der Waals surface area contributed by atoms with Gasteiger partial charge in [0.15, 0.2) is 0 Å². The van der Waals surface area contributed by atoms with Crippen LogP contribution in [0, 0.1) is 0 Å². The Morgan fingerprint density at radius 1 is 1.12 bits per heavy atom. The van der Waals surface area contributed by atoms with Crippen LogP contribution in [0.4, 0.5) is 0 Å². The highest BCUT2D eigenvalue weighted by Gasteiger charge is 2.29. The van der Waals surface area contributed by atoms with E-state index in [1.54, 1.807) is 35.2 Å². The van der Waals surface area contributed by atoms with Gasteiger partial charge in [-0.1, -0.05) is 30.3 Å². The minimum Gasteiger partial charge on any atom is -0.480 e. The van der Waals surface area contributed by atoms with Crippen molar-refractivity contribution >= 4 is 21.9 Å². The standard InChI is InChI=1S/C16H22N2O5S/c19-15(18-9-5-2-6-10-18)11-14(16(20)21)17-24(22,23)12-13-7-3-1-4-8-13/h1,3-4,7-8,14,17H,2,5-6,9-12H2,(H,20,21)/t14-/m1/s1. The summed E-state index contributed by atoms with van der Waals surface area (Å²) in [5, 5.41) is 9.25. The molecule has 0 spiro atoms. The number of carboxylic acids is 1. The fourth-order valence-electron chi connectivity index (χ4n) is 2.68. The molecule has 1 aromatic carbocycles. The van der Waals surface area contributed by atoms with Crippen LogP contribution >= 0.6 is 0 Å². The predicted octanol–water partition coefficient (Wildman–Crippen LogP) is 0.962. The van der Waals surface area contributed by atoms with E-state index in [0.29, 0.717) is 18.7 Å². The van der Waals surface area contributed by atoms with Crippen LogP contribution in [0.15, 0.2) is 30.3 Å². The monoisotopic (exact) mass is 354 g/mol. The number of benzene rings is 1. The number of piperidine rings is 1. The van der Waals surface area contributed by atoms with E-state index in [1.807, 2.05) is 0 Å². The molecule has 2 N–H and O–H groups in total. The van der Waals surface area contributed by atoms with Crippen molar-refractivity contribution in [1.29, 1.82) is 0 Å². The highest BCUT2D eigenvalue weighted by atomic mass is 32.2. The SMILES string of the molecule is O=C(O)[C@@H](CC(=O)N1CCCCC1)NS(=O)(=O)Cc1ccccc1. The maximum Gasteiger partial charge on any atom is 0.322 e. The fraction of sp³-hybridized carbons (Fsp3) is 0.500. The normalized spacial score (nSPS) is 16.6. The zero-order valence-electron chi connectivity index (χ0n) is 13.3. The molecule has 1 fully saturated rings. The molecule has 7 nitrogen and oxygen atoms in total. The Balaban J connectivity index is 1.99. The third-order valence-electron chi connectivity index (χ3n) is 3.91. The number of nitrogens with one attached hydrogen (secondary N) is 1. The molecule has 1 aliphatic heterocycles. The molecule has 1 amide bonds. The molecule has 0 saturated carbocycles. The Bertz CT molecular complexity index is 669. The van der Waals surface area contributed by atoms with Crippen molar-refractivity contribution in [2.75, 3.05) is 13.1 Å². The minimum absolute atomic E-state index is 0.324. The van der Waals surface area contributed by atoms with Crippen LogP contribution in [0.1, 0.15) is 31.2 Å². The molecule has 0 bridgehead atoms. The summed E-state index contributed by atoms with van der Waals surface area (Å²) in [6.07, 6.45) is 2.46. The summed E-state index contributed by atoms with van der Waals surface area (Å²) in [7, 11) is -3.86. The second-order valence-electron chi connectivity index (χ2n) is 5.90. The second-order valence-corrected chi connectivity index (χ2v) is 7.65. The van der Waals surface area contributed by atoms with E-state index in [0.717, 1.165) is 19.3 Å². The number of sulfonamides is 1. The molecule has 1 aliphatic rings. The fourth-order valence-corrected chi connectivity index (χ4v) is 4.01. The summed E-state index contributed by atoms with van der Waals surface area (Å²) < 4.78 is 26.5. The van der Waals surface area contributed by atoms with Gasteiger partial charge in [-0.3, -0.25) is 9.59 Å². The van der Waals surface area contributed by atoms with Gasteiger partial charge in [0.25, 0.3) is 0 Å². The summed E-state index contributed by atoms with van der Waals surface area (Å²) in [6, 6.07) is 7.02. The van der Waals surface area contributed by atoms with E-state index in [1.165, 1.54) is 0 Å². The molecule has 1 heterocycles. The molecule has 2 rings (SSSR count). The molecule has 132 valence electrons. The number of rotatable bonds is 7. The molecule has 1 saturated heterocycles. The number of carboxylic acid groups (broad SMARTS) is 1. The molecular weight excluding hydrogens is 332 g/mol.